The summed E-state index contributed by atoms with van der Waals surface area (Å²) in [6, 6.07) is 6.76. The number of aryl methyl sites for hydroxylation is 1. The van der Waals surface area contributed by atoms with Crippen LogP contribution in [0, 0.1) is 6.92 Å². The summed E-state index contributed by atoms with van der Waals surface area (Å²) in [6.07, 6.45) is 0. The number of ether oxygens (including phenoxy) is 3. The molecule has 0 bridgehead atoms. The minimum Gasteiger partial charge on any atom is -0.497 e. The Hall–Kier alpha value is -2.28. The summed E-state index contributed by atoms with van der Waals surface area (Å²) in [5.41, 5.74) is 1.25. The average molecular weight is 359 g/mol. The summed E-state index contributed by atoms with van der Waals surface area (Å²) in [5, 5.41) is 3.13. The molecular weight excluding hydrogens is 342 g/mol. The van der Waals surface area contributed by atoms with Gasteiger partial charge in [0.25, 0.3) is 0 Å². The zero-order valence-electron chi connectivity index (χ0n) is 13.4. The Labute approximate surface area is 143 Å². The molecule has 0 unspecified atom stereocenters. The van der Waals surface area contributed by atoms with Gasteiger partial charge in [0.1, 0.15) is 16.7 Å². The molecule has 0 radical (unpaired) electrons. The lowest BCUT2D eigenvalue weighted by atomic mass is 10.2. The lowest BCUT2D eigenvalue weighted by Gasteiger charge is -2.16. The van der Waals surface area contributed by atoms with E-state index in [0.717, 1.165) is 5.56 Å². The molecule has 1 aromatic heterocycles. The zero-order valence-corrected chi connectivity index (χ0v) is 14.2. The highest BCUT2D eigenvalue weighted by atomic mass is 35.5. The largest absolute Gasteiger partial charge is 0.497 e. The number of anilines is 1. The molecule has 130 valence electrons. The fourth-order valence-corrected chi connectivity index (χ4v) is 2.40. The predicted octanol–water partition coefficient (Wildman–Crippen LogP) is 4.27. The van der Waals surface area contributed by atoms with Crippen LogP contribution in [0.25, 0.3) is 0 Å². The molecule has 1 heterocycles. The first-order chi connectivity index (χ1) is 11.4. The van der Waals surface area contributed by atoms with E-state index >= 15 is 0 Å². The van der Waals surface area contributed by atoms with Gasteiger partial charge in [-0.25, -0.2) is 4.98 Å². The van der Waals surface area contributed by atoms with Crippen molar-refractivity contribution in [3.05, 3.63) is 40.5 Å². The number of aromatic nitrogens is 1. The summed E-state index contributed by atoms with van der Waals surface area (Å²) in [4.78, 5) is 4.02. The van der Waals surface area contributed by atoms with Gasteiger partial charge in [0.2, 0.25) is 0 Å². The van der Waals surface area contributed by atoms with Crippen LogP contribution in [-0.2, 0) is 6.54 Å². The highest BCUT2D eigenvalue weighted by molar-refractivity contribution is 6.29. The van der Waals surface area contributed by atoms with Gasteiger partial charge in [-0.2, -0.15) is 8.78 Å². The van der Waals surface area contributed by atoms with Crippen LogP contribution in [0.5, 0.6) is 17.2 Å². The molecular formula is C16H17ClF2N2O3. The standard InChI is InChI=1S/C16H17ClF2N2O3/c1-9-6-13(17)21-15(14(9)24-16(18)19)20-8-10-4-5-11(22-2)7-12(10)23-3/h4-7,16H,8H2,1-3H3,(H,20,21). The van der Waals surface area contributed by atoms with E-state index in [2.05, 4.69) is 15.0 Å². The number of nitrogens with one attached hydrogen (secondary N) is 1. The van der Waals surface area contributed by atoms with Crippen LogP contribution in [0.15, 0.2) is 24.3 Å². The number of hydrogen-bond donors (Lipinski definition) is 1. The molecule has 24 heavy (non-hydrogen) atoms. The number of nitrogens with zero attached hydrogens (tertiary/aromatic N) is 1. The molecule has 0 saturated carbocycles. The molecule has 0 atom stereocenters. The summed E-state index contributed by atoms with van der Waals surface area (Å²) >= 11 is 5.90. The molecule has 0 aliphatic heterocycles. The predicted molar refractivity (Wildman–Crippen MR) is 87.5 cm³/mol. The van der Waals surface area contributed by atoms with Crippen molar-refractivity contribution >= 4 is 17.4 Å². The number of rotatable bonds is 7. The first kappa shape index (κ1) is 18.1. The lowest BCUT2D eigenvalue weighted by molar-refractivity contribution is -0.0500. The number of halogens is 3. The molecule has 5 nitrogen and oxygen atoms in total. The van der Waals surface area contributed by atoms with Crippen LogP contribution in [0.1, 0.15) is 11.1 Å². The molecule has 2 rings (SSSR count). The van der Waals surface area contributed by atoms with Gasteiger partial charge < -0.3 is 19.5 Å². The summed E-state index contributed by atoms with van der Waals surface area (Å²) in [5.74, 6) is 1.34. The number of benzene rings is 1. The van der Waals surface area contributed by atoms with E-state index < -0.39 is 6.61 Å². The minimum absolute atomic E-state index is 0.0399. The molecule has 1 N–H and O–H groups in total. The van der Waals surface area contributed by atoms with Gasteiger partial charge >= 0.3 is 6.61 Å². The normalized spacial score (nSPS) is 10.6. The Morgan fingerprint density at radius 1 is 1.21 bits per heavy atom. The van der Waals surface area contributed by atoms with Crippen molar-refractivity contribution in [2.75, 3.05) is 19.5 Å². The van der Waals surface area contributed by atoms with Crippen molar-refractivity contribution in [3.63, 3.8) is 0 Å². The van der Waals surface area contributed by atoms with Gasteiger partial charge in [0, 0.05) is 18.2 Å². The van der Waals surface area contributed by atoms with Crippen molar-refractivity contribution in [2.24, 2.45) is 0 Å². The van der Waals surface area contributed by atoms with Crippen molar-refractivity contribution in [3.8, 4) is 17.2 Å². The molecule has 0 spiro atoms. The second-order valence-corrected chi connectivity index (χ2v) is 5.24. The van der Waals surface area contributed by atoms with E-state index in [4.69, 9.17) is 21.1 Å². The van der Waals surface area contributed by atoms with Crippen molar-refractivity contribution in [1.29, 1.82) is 0 Å². The van der Waals surface area contributed by atoms with Gasteiger partial charge in [0.15, 0.2) is 11.6 Å². The smallest absolute Gasteiger partial charge is 0.387 e. The maximum atomic E-state index is 12.6. The van der Waals surface area contributed by atoms with Gasteiger partial charge in [-0.1, -0.05) is 11.6 Å². The second-order valence-electron chi connectivity index (χ2n) is 4.85. The topological polar surface area (TPSA) is 52.6 Å². The molecule has 8 heteroatoms. The Balaban J connectivity index is 2.25. The minimum atomic E-state index is -2.96. The third-order valence-corrected chi connectivity index (χ3v) is 3.47. The van der Waals surface area contributed by atoms with Crippen LogP contribution < -0.4 is 19.5 Å². The molecule has 2 aromatic rings. The third kappa shape index (κ3) is 4.38. The molecule has 0 amide bonds. The van der Waals surface area contributed by atoms with E-state index in [1.54, 1.807) is 32.2 Å². The number of pyridine rings is 1. The Kier molecular flexibility index (Phi) is 6.03. The van der Waals surface area contributed by atoms with Crippen LogP contribution >= 0.6 is 11.6 Å². The van der Waals surface area contributed by atoms with Crippen LogP contribution in [0.3, 0.4) is 0 Å². The molecule has 0 aliphatic carbocycles. The fourth-order valence-electron chi connectivity index (χ4n) is 2.16. The Morgan fingerprint density at radius 2 is 1.96 bits per heavy atom. The summed E-state index contributed by atoms with van der Waals surface area (Å²) < 4.78 is 40.2. The first-order valence-electron chi connectivity index (χ1n) is 7.01. The SMILES string of the molecule is COc1ccc(CNc2nc(Cl)cc(C)c2OC(F)F)c(OC)c1. The molecule has 1 aromatic carbocycles. The van der Waals surface area contributed by atoms with E-state index in [-0.39, 0.29) is 23.3 Å². The number of alkyl halides is 2. The van der Waals surface area contributed by atoms with Crippen LogP contribution in [0.4, 0.5) is 14.6 Å². The molecule has 0 aliphatic rings. The summed E-state index contributed by atoms with van der Waals surface area (Å²) in [7, 11) is 3.09. The quantitative estimate of drug-likeness (QED) is 0.749. The number of methoxy groups -OCH3 is 2. The van der Waals surface area contributed by atoms with E-state index in [9.17, 15) is 8.78 Å². The lowest BCUT2D eigenvalue weighted by Crippen LogP contribution is -2.10. The average Bonchev–Trinajstić information content (AvgIpc) is 2.55. The highest BCUT2D eigenvalue weighted by Gasteiger charge is 2.16. The van der Waals surface area contributed by atoms with Gasteiger partial charge in [-0.15, -0.1) is 0 Å². The molecule has 0 saturated heterocycles. The highest BCUT2D eigenvalue weighted by Crippen LogP contribution is 2.32. The van der Waals surface area contributed by atoms with Crippen molar-refractivity contribution < 1.29 is 23.0 Å². The Morgan fingerprint density at radius 3 is 2.58 bits per heavy atom. The van der Waals surface area contributed by atoms with Crippen molar-refractivity contribution in [1.82, 2.24) is 4.98 Å². The first-order valence-corrected chi connectivity index (χ1v) is 7.39. The van der Waals surface area contributed by atoms with Crippen molar-refractivity contribution in [2.45, 2.75) is 20.1 Å². The second kappa shape index (κ2) is 8.01. The van der Waals surface area contributed by atoms with E-state index in [1.807, 2.05) is 0 Å². The van der Waals surface area contributed by atoms with Crippen LogP contribution in [-0.4, -0.2) is 25.8 Å². The van der Waals surface area contributed by atoms with Crippen LogP contribution in [0.2, 0.25) is 5.15 Å². The van der Waals surface area contributed by atoms with Gasteiger partial charge in [-0.3, -0.25) is 0 Å². The number of hydrogen-bond acceptors (Lipinski definition) is 5. The van der Waals surface area contributed by atoms with Gasteiger partial charge in [0.05, 0.1) is 14.2 Å². The summed E-state index contributed by atoms with van der Waals surface area (Å²) in [6.45, 7) is -1.06. The zero-order chi connectivity index (χ0) is 17.7. The van der Waals surface area contributed by atoms with Gasteiger partial charge in [-0.05, 0) is 30.7 Å². The van der Waals surface area contributed by atoms with E-state index in [1.165, 1.54) is 13.2 Å². The molecule has 0 fully saturated rings. The fraction of sp³-hybridized carbons (Fsp3) is 0.312. The third-order valence-electron chi connectivity index (χ3n) is 3.27. The Bertz CT molecular complexity index is 714. The maximum Gasteiger partial charge on any atom is 0.387 e. The monoisotopic (exact) mass is 358 g/mol. The van der Waals surface area contributed by atoms with E-state index in [0.29, 0.717) is 17.1 Å². The maximum absolute atomic E-state index is 12.6.